The molecule has 1 aromatic carbocycles. The van der Waals surface area contributed by atoms with E-state index in [0.29, 0.717) is 17.7 Å². The van der Waals surface area contributed by atoms with Gasteiger partial charge in [-0.2, -0.15) is 0 Å². The van der Waals surface area contributed by atoms with Crippen molar-refractivity contribution in [3.8, 4) is 0 Å². The Bertz CT molecular complexity index is 776. The number of halogens is 1. The van der Waals surface area contributed by atoms with Crippen molar-refractivity contribution in [1.29, 1.82) is 0 Å². The SMILES string of the molecule is Cc1ccc(CN2CCN(CC3CC3)[C@@H]3CS(=O)(=O)C[C@@H]32)c(C)c1F. The summed E-state index contributed by atoms with van der Waals surface area (Å²) in [5.41, 5.74) is 2.33. The lowest BCUT2D eigenvalue weighted by Crippen LogP contribution is -2.59. The molecule has 2 saturated heterocycles. The van der Waals surface area contributed by atoms with Crippen LogP contribution in [-0.2, 0) is 16.4 Å². The topological polar surface area (TPSA) is 40.6 Å². The summed E-state index contributed by atoms with van der Waals surface area (Å²) in [4.78, 5) is 4.68. The molecule has 6 heteroatoms. The molecule has 0 amide bonds. The molecule has 1 aromatic rings. The number of piperazine rings is 1. The Balaban J connectivity index is 1.55. The Hall–Kier alpha value is -0.980. The Morgan fingerprint density at radius 3 is 2.40 bits per heavy atom. The predicted octanol–water partition coefficient (Wildman–Crippen LogP) is 2.14. The maximum atomic E-state index is 14.2. The predicted molar refractivity (Wildman–Crippen MR) is 96.8 cm³/mol. The monoisotopic (exact) mass is 366 g/mol. The lowest BCUT2D eigenvalue weighted by molar-refractivity contribution is 0.0375. The van der Waals surface area contributed by atoms with Crippen LogP contribution in [0.15, 0.2) is 12.1 Å². The summed E-state index contributed by atoms with van der Waals surface area (Å²) in [6.45, 7) is 7.06. The van der Waals surface area contributed by atoms with Gasteiger partial charge in [0.05, 0.1) is 11.5 Å². The molecule has 2 aliphatic heterocycles. The number of hydrogen-bond donors (Lipinski definition) is 0. The van der Waals surface area contributed by atoms with E-state index in [4.69, 9.17) is 0 Å². The van der Waals surface area contributed by atoms with E-state index in [9.17, 15) is 12.8 Å². The summed E-state index contributed by atoms with van der Waals surface area (Å²) in [5, 5.41) is 0. The third-order valence-electron chi connectivity index (χ3n) is 6.16. The maximum absolute atomic E-state index is 14.2. The van der Waals surface area contributed by atoms with Gasteiger partial charge >= 0.3 is 0 Å². The summed E-state index contributed by atoms with van der Waals surface area (Å²) >= 11 is 0. The van der Waals surface area contributed by atoms with Gasteiger partial charge in [-0.05, 0) is 49.3 Å². The fraction of sp³-hybridized carbons (Fsp3) is 0.684. The van der Waals surface area contributed by atoms with E-state index in [1.807, 2.05) is 19.1 Å². The summed E-state index contributed by atoms with van der Waals surface area (Å²) in [6, 6.07) is 3.96. The van der Waals surface area contributed by atoms with Crippen LogP contribution in [0.4, 0.5) is 4.39 Å². The molecule has 4 rings (SSSR count). The molecule has 1 aliphatic carbocycles. The van der Waals surface area contributed by atoms with Crippen LogP contribution in [0.3, 0.4) is 0 Å². The van der Waals surface area contributed by atoms with Gasteiger partial charge in [-0.15, -0.1) is 0 Å². The minimum atomic E-state index is -2.98. The van der Waals surface area contributed by atoms with Gasteiger partial charge in [0, 0.05) is 38.3 Å². The minimum absolute atomic E-state index is 0.0428. The minimum Gasteiger partial charge on any atom is -0.296 e. The first kappa shape index (κ1) is 17.4. The van der Waals surface area contributed by atoms with Gasteiger partial charge in [0.15, 0.2) is 9.84 Å². The molecule has 0 aromatic heterocycles. The van der Waals surface area contributed by atoms with Crippen molar-refractivity contribution in [2.45, 2.75) is 45.3 Å². The summed E-state index contributed by atoms with van der Waals surface area (Å²) in [5.74, 6) is 1.15. The summed E-state index contributed by atoms with van der Waals surface area (Å²) in [6.07, 6.45) is 2.57. The first-order valence-corrected chi connectivity index (χ1v) is 11.1. The van der Waals surface area contributed by atoms with Crippen molar-refractivity contribution in [2.24, 2.45) is 5.92 Å². The second-order valence-electron chi connectivity index (χ2n) is 8.10. The average Bonchev–Trinajstić information content (AvgIpc) is 3.30. The van der Waals surface area contributed by atoms with E-state index in [1.54, 1.807) is 6.92 Å². The Morgan fingerprint density at radius 2 is 1.72 bits per heavy atom. The van der Waals surface area contributed by atoms with Crippen LogP contribution in [0, 0.1) is 25.6 Å². The lowest BCUT2D eigenvalue weighted by atomic mass is 10.00. The third-order valence-corrected chi connectivity index (χ3v) is 7.86. The summed E-state index contributed by atoms with van der Waals surface area (Å²) < 4.78 is 38.8. The van der Waals surface area contributed by atoms with Crippen molar-refractivity contribution in [3.05, 3.63) is 34.6 Å². The van der Waals surface area contributed by atoms with Crippen LogP contribution in [0.1, 0.15) is 29.5 Å². The molecule has 0 unspecified atom stereocenters. The average molecular weight is 367 g/mol. The molecule has 0 radical (unpaired) electrons. The molecule has 0 spiro atoms. The van der Waals surface area contributed by atoms with Crippen LogP contribution in [0.2, 0.25) is 0 Å². The molecule has 138 valence electrons. The third kappa shape index (κ3) is 3.49. The summed E-state index contributed by atoms with van der Waals surface area (Å²) in [7, 11) is -2.98. The van der Waals surface area contributed by atoms with Crippen LogP contribution in [-0.4, -0.2) is 61.4 Å². The molecule has 2 heterocycles. The van der Waals surface area contributed by atoms with E-state index in [0.717, 1.165) is 31.1 Å². The van der Waals surface area contributed by atoms with Crippen LogP contribution in [0.25, 0.3) is 0 Å². The fourth-order valence-electron chi connectivity index (χ4n) is 4.40. The number of benzene rings is 1. The number of sulfone groups is 1. The molecule has 3 aliphatic rings. The van der Waals surface area contributed by atoms with Crippen LogP contribution in [0.5, 0.6) is 0 Å². The highest BCUT2D eigenvalue weighted by Crippen LogP contribution is 2.34. The van der Waals surface area contributed by atoms with Gasteiger partial charge in [-0.25, -0.2) is 12.8 Å². The van der Waals surface area contributed by atoms with E-state index in [2.05, 4.69) is 9.80 Å². The molecule has 2 atom stereocenters. The van der Waals surface area contributed by atoms with Crippen molar-refractivity contribution >= 4 is 9.84 Å². The quantitative estimate of drug-likeness (QED) is 0.819. The second-order valence-corrected chi connectivity index (χ2v) is 10.3. The van der Waals surface area contributed by atoms with E-state index in [1.165, 1.54) is 12.8 Å². The van der Waals surface area contributed by atoms with Gasteiger partial charge in [0.2, 0.25) is 0 Å². The van der Waals surface area contributed by atoms with Crippen molar-refractivity contribution in [2.75, 3.05) is 31.1 Å². The highest BCUT2D eigenvalue weighted by Gasteiger charge is 2.47. The van der Waals surface area contributed by atoms with Gasteiger partial charge in [0.25, 0.3) is 0 Å². The Morgan fingerprint density at radius 1 is 1.08 bits per heavy atom. The van der Waals surface area contributed by atoms with Gasteiger partial charge in [-0.1, -0.05) is 12.1 Å². The van der Waals surface area contributed by atoms with Crippen LogP contribution < -0.4 is 0 Å². The normalized spacial score (nSPS) is 29.7. The molecule has 0 N–H and O–H groups in total. The van der Waals surface area contributed by atoms with E-state index in [-0.39, 0.29) is 29.4 Å². The van der Waals surface area contributed by atoms with E-state index >= 15 is 0 Å². The second kappa shape index (κ2) is 6.32. The van der Waals surface area contributed by atoms with Crippen LogP contribution >= 0.6 is 0 Å². The molecule has 3 fully saturated rings. The number of rotatable bonds is 4. The smallest absolute Gasteiger partial charge is 0.153 e. The van der Waals surface area contributed by atoms with Crippen molar-refractivity contribution < 1.29 is 12.8 Å². The standard InChI is InChI=1S/C19H27FN2O2S/c1-13-3-6-16(14(2)19(13)20)10-22-8-7-21(9-15-4-5-15)17-11-25(23,24)12-18(17)22/h3,6,15,17-18H,4-5,7-12H2,1-2H3/t17-,18+/m1/s1. The molecule has 0 bridgehead atoms. The fourth-order valence-corrected chi connectivity index (χ4v) is 6.44. The van der Waals surface area contributed by atoms with Crippen molar-refractivity contribution in [3.63, 3.8) is 0 Å². The lowest BCUT2D eigenvalue weighted by Gasteiger charge is -2.44. The Labute approximate surface area is 149 Å². The van der Waals surface area contributed by atoms with Gasteiger partial charge < -0.3 is 0 Å². The maximum Gasteiger partial charge on any atom is 0.153 e. The highest BCUT2D eigenvalue weighted by molar-refractivity contribution is 7.91. The first-order chi connectivity index (χ1) is 11.8. The van der Waals surface area contributed by atoms with Gasteiger partial charge in [0.1, 0.15) is 5.82 Å². The zero-order valence-electron chi connectivity index (χ0n) is 15.0. The van der Waals surface area contributed by atoms with Gasteiger partial charge in [-0.3, -0.25) is 9.80 Å². The molecule has 25 heavy (non-hydrogen) atoms. The molecule has 1 saturated carbocycles. The highest BCUT2D eigenvalue weighted by atomic mass is 32.2. The van der Waals surface area contributed by atoms with E-state index < -0.39 is 9.84 Å². The molecular weight excluding hydrogens is 339 g/mol. The number of nitrogens with zero attached hydrogens (tertiary/aromatic N) is 2. The largest absolute Gasteiger partial charge is 0.296 e. The van der Waals surface area contributed by atoms with Crippen molar-refractivity contribution in [1.82, 2.24) is 9.80 Å². The molecule has 4 nitrogen and oxygen atoms in total. The number of aryl methyl sites for hydroxylation is 1. The number of hydrogen-bond acceptors (Lipinski definition) is 4. The first-order valence-electron chi connectivity index (χ1n) is 9.27. The Kier molecular flexibility index (Phi) is 4.41. The zero-order valence-corrected chi connectivity index (χ0v) is 15.9. The zero-order chi connectivity index (χ0) is 17.8. The molecular formula is C19H27FN2O2S. The number of fused-ring (bicyclic) bond motifs is 1.